The molecule has 0 radical (unpaired) electrons. The van der Waals surface area contributed by atoms with Gasteiger partial charge in [-0.15, -0.1) is 11.3 Å². The minimum Gasteiger partial charge on any atom is -0.858 e. The van der Waals surface area contributed by atoms with Crippen molar-refractivity contribution in [3.8, 4) is 5.88 Å². The third-order valence-corrected chi connectivity index (χ3v) is 2.21. The van der Waals surface area contributed by atoms with Crippen LogP contribution in [0.1, 0.15) is 13.8 Å². The summed E-state index contributed by atoms with van der Waals surface area (Å²) in [6.07, 6.45) is 0. The summed E-state index contributed by atoms with van der Waals surface area (Å²) in [6.45, 7) is 7.37. The molecule has 1 heterocycles. The van der Waals surface area contributed by atoms with Gasteiger partial charge in [-0.1, -0.05) is 12.2 Å². The van der Waals surface area contributed by atoms with Crippen molar-refractivity contribution in [2.45, 2.75) is 13.8 Å². The van der Waals surface area contributed by atoms with Crippen LogP contribution in [0.15, 0.2) is 0 Å². The van der Waals surface area contributed by atoms with Gasteiger partial charge in [0.2, 0.25) is 0 Å². The van der Waals surface area contributed by atoms with E-state index in [1.165, 1.54) is 11.3 Å². The summed E-state index contributed by atoms with van der Waals surface area (Å²) in [6, 6.07) is 0. The zero-order valence-corrected chi connectivity index (χ0v) is 6.79. The Kier molecular flexibility index (Phi) is 1.76. The fourth-order valence-electron chi connectivity index (χ4n) is 0.664. The third-order valence-electron chi connectivity index (χ3n) is 1.09. The van der Waals surface area contributed by atoms with Crippen LogP contribution in [0.25, 0.3) is 12.2 Å². The molecule has 0 N–H and O–H groups in total. The van der Waals surface area contributed by atoms with Gasteiger partial charge in [0.1, 0.15) is 4.66 Å². The Balaban J connectivity index is 3.59. The molecule has 0 bridgehead atoms. The number of hydrogen-bond donors (Lipinski definition) is 0. The first-order valence-corrected chi connectivity index (χ1v) is 3.73. The summed E-state index contributed by atoms with van der Waals surface area (Å²) in [5, 5.41) is 10.9. The lowest BCUT2D eigenvalue weighted by Crippen LogP contribution is -2.06. The van der Waals surface area contributed by atoms with Crippen LogP contribution in [-0.2, 0) is 0 Å². The fraction of sp³-hybridized carbons (Fsp3) is 0.286. The van der Waals surface area contributed by atoms with Crippen LogP contribution >= 0.6 is 11.3 Å². The van der Waals surface area contributed by atoms with E-state index in [2.05, 4.69) is 11.6 Å². The predicted octanol–water partition coefficient (Wildman–Crippen LogP) is -0.183. The zero-order valence-electron chi connectivity index (χ0n) is 5.97. The van der Waals surface area contributed by atoms with Crippen LogP contribution in [0.5, 0.6) is 5.88 Å². The second-order valence-corrected chi connectivity index (χ2v) is 3.33. The van der Waals surface area contributed by atoms with Crippen molar-refractivity contribution in [2.24, 2.45) is 0 Å². The molecule has 0 atom stereocenters. The number of nitrogens with zero attached hydrogens (tertiary/aromatic N) is 1. The molecular weight excluding hydrogens is 146 g/mol. The van der Waals surface area contributed by atoms with Gasteiger partial charge in [-0.2, -0.15) is 0 Å². The molecule has 0 aliphatic carbocycles. The second-order valence-electron chi connectivity index (χ2n) is 2.24. The molecular formula is C7H8NOS-. The van der Waals surface area contributed by atoms with Crippen molar-refractivity contribution >= 4 is 23.5 Å². The molecule has 54 valence electrons. The molecule has 2 nitrogen and oxygen atoms in total. The molecule has 0 saturated heterocycles. The van der Waals surface area contributed by atoms with Gasteiger partial charge < -0.3 is 5.11 Å². The summed E-state index contributed by atoms with van der Waals surface area (Å²) < 4.78 is 1.33. The Morgan fingerprint density at radius 2 is 2.20 bits per heavy atom. The first-order chi connectivity index (χ1) is 4.61. The molecule has 0 aliphatic rings. The highest BCUT2D eigenvalue weighted by Gasteiger charge is 1.88. The number of aromatic nitrogens is 1. The van der Waals surface area contributed by atoms with Gasteiger partial charge in [0.15, 0.2) is 0 Å². The number of thiazole rings is 1. The Labute approximate surface area is 63.2 Å². The fourth-order valence-corrected chi connectivity index (χ4v) is 1.37. The molecule has 1 aromatic rings. The van der Waals surface area contributed by atoms with Crippen molar-refractivity contribution in [3.05, 3.63) is 9.20 Å². The maximum absolute atomic E-state index is 10.9. The average molecular weight is 154 g/mol. The first kappa shape index (κ1) is 7.28. The van der Waals surface area contributed by atoms with E-state index < -0.39 is 0 Å². The second kappa shape index (κ2) is 2.42. The molecule has 0 spiro atoms. The quantitative estimate of drug-likeness (QED) is 0.519. The minimum absolute atomic E-state index is 0.144. The number of hydrogen-bond acceptors (Lipinski definition) is 3. The predicted molar refractivity (Wildman–Crippen MR) is 41.1 cm³/mol. The molecule has 10 heavy (non-hydrogen) atoms. The number of rotatable bonds is 0. The summed E-state index contributed by atoms with van der Waals surface area (Å²) >= 11 is 1.35. The third kappa shape index (κ3) is 1.19. The minimum atomic E-state index is -0.144. The van der Waals surface area contributed by atoms with Crippen LogP contribution in [0.3, 0.4) is 0 Å². The highest BCUT2D eigenvalue weighted by Crippen LogP contribution is 1.93. The van der Waals surface area contributed by atoms with E-state index in [4.69, 9.17) is 0 Å². The molecule has 0 aromatic carbocycles. The molecule has 0 unspecified atom stereocenters. The Morgan fingerprint density at radius 1 is 1.60 bits per heavy atom. The first-order valence-electron chi connectivity index (χ1n) is 2.91. The molecule has 0 amide bonds. The lowest BCUT2D eigenvalue weighted by molar-refractivity contribution is -0.275. The van der Waals surface area contributed by atoms with Crippen LogP contribution in [0.4, 0.5) is 0 Å². The maximum Gasteiger partial charge on any atom is 0.108 e. The van der Waals surface area contributed by atoms with E-state index in [9.17, 15) is 5.11 Å². The van der Waals surface area contributed by atoms with E-state index in [0.29, 0.717) is 4.66 Å². The van der Waals surface area contributed by atoms with E-state index in [1.54, 1.807) is 0 Å². The lowest BCUT2D eigenvalue weighted by Gasteiger charge is -1.95. The average Bonchev–Trinajstić information content (AvgIpc) is 2.10. The van der Waals surface area contributed by atoms with Gasteiger partial charge in [0, 0.05) is 10.4 Å². The molecule has 1 aromatic heterocycles. The van der Waals surface area contributed by atoms with Crippen molar-refractivity contribution in [1.29, 1.82) is 0 Å². The highest BCUT2D eigenvalue weighted by molar-refractivity contribution is 7.07. The van der Waals surface area contributed by atoms with Crippen LogP contribution < -0.4 is 14.3 Å². The van der Waals surface area contributed by atoms with Gasteiger partial charge in [0.25, 0.3) is 0 Å². The van der Waals surface area contributed by atoms with Gasteiger partial charge in [-0.3, -0.25) is 4.98 Å². The van der Waals surface area contributed by atoms with E-state index >= 15 is 0 Å². The molecule has 1 rings (SSSR count). The van der Waals surface area contributed by atoms with Gasteiger partial charge in [0.05, 0.1) is 0 Å². The summed E-state index contributed by atoms with van der Waals surface area (Å²) in [4.78, 5) is 3.66. The topological polar surface area (TPSA) is 36.0 Å². The van der Waals surface area contributed by atoms with Gasteiger partial charge >= 0.3 is 0 Å². The summed E-state index contributed by atoms with van der Waals surface area (Å²) in [7, 11) is 0. The maximum atomic E-state index is 10.9. The van der Waals surface area contributed by atoms with Crippen molar-refractivity contribution < 1.29 is 5.11 Å². The van der Waals surface area contributed by atoms with Crippen molar-refractivity contribution in [2.75, 3.05) is 0 Å². The monoisotopic (exact) mass is 154 g/mol. The molecule has 3 heteroatoms. The molecule has 0 aliphatic heterocycles. The highest BCUT2D eigenvalue weighted by atomic mass is 32.1. The van der Waals surface area contributed by atoms with Crippen LogP contribution in [-0.4, -0.2) is 4.98 Å². The van der Waals surface area contributed by atoms with E-state index in [1.807, 2.05) is 13.8 Å². The van der Waals surface area contributed by atoms with Crippen molar-refractivity contribution in [3.63, 3.8) is 0 Å². The lowest BCUT2D eigenvalue weighted by atomic mass is 10.4. The van der Waals surface area contributed by atoms with Gasteiger partial charge in [-0.05, 0) is 13.8 Å². The Bertz CT molecular complexity index is 335. The Morgan fingerprint density at radius 3 is 2.40 bits per heavy atom. The van der Waals surface area contributed by atoms with E-state index in [0.717, 1.165) is 10.1 Å². The summed E-state index contributed by atoms with van der Waals surface area (Å²) in [5.41, 5.74) is 1.01. The standard InChI is InChI=1S/C7H9NOS/c1-4(2)6-7(9)8-5(3)10-6/h3H2,1-2H3,(H,8,9)/p-1. The van der Waals surface area contributed by atoms with Gasteiger partial charge in [-0.25, -0.2) is 0 Å². The largest absolute Gasteiger partial charge is 0.858 e. The van der Waals surface area contributed by atoms with Crippen LogP contribution in [0.2, 0.25) is 0 Å². The van der Waals surface area contributed by atoms with E-state index in [-0.39, 0.29) is 5.88 Å². The summed E-state index contributed by atoms with van der Waals surface area (Å²) in [5.74, 6) is -0.144. The Hall–Kier alpha value is -0.830. The van der Waals surface area contributed by atoms with Crippen LogP contribution in [0, 0.1) is 0 Å². The molecule has 0 saturated carbocycles. The normalized spacial score (nSPS) is 9.80. The molecule has 0 fully saturated rings. The zero-order chi connectivity index (χ0) is 7.72. The van der Waals surface area contributed by atoms with Crippen molar-refractivity contribution in [1.82, 2.24) is 4.98 Å². The smallest absolute Gasteiger partial charge is 0.108 e. The SMILES string of the molecule is C=c1nc([O-])c(=C(C)C)s1.